The molecule has 0 bridgehead atoms. The molecule has 2 amide bonds. The van der Waals surface area contributed by atoms with Crippen molar-refractivity contribution in [2.24, 2.45) is 5.92 Å². The van der Waals surface area contributed by atoms with E-state index in [0.717, 1.165) is 17.0 Å². The van der Waals surface area contributed by atoms with E-state index in [1.807, 2.05) is 68.4 Å². The average Bonchev–Trinajstić information content (AvgIpc) is 3.10. The van der Waals surface area contributed by atoms with Crippen LogP contribution in [0.5, 0.6) is 5.75 Å². The summed E-state index contributed by atoms with van der Waals surface area (Å²) in [6.07, 6.45) is 0.279. The van der Waals surface area contributed by atoms with Gasteiger partial charge in [-0.15, -0.1) is 0 Å². The van der Waals surface area contributed by atoms with E-state index >= 15 is 0 Å². The lowest BCUT2D eigenvalue weighted by Gasteiger charge is -2.22. The summed E-state index contributed by atoms with van der Waals surface area (Å²) in [5, 5.41) is 0. The maximum absolute atomic E-state index is 12.5. The summed E-state index contributed by atoms with van der Waals surface area (Å²) in [6.45, 7) is 6.22. The van der Waals surface area contributed by atoms with Gasteiger partial charge in [0.15, 0.2) is 0 Å². The standard InChI is InChI=1S/C22H26N2O3/c1-3-23(4-2)22(26)18-14-21(25)24(15-18)19-10-12-20(13-11-19)27-16-17-8-6-5-7-9-17/h5-13,18H,3-4,14-16H2,1-2H3. The van der Waals surface area contributed by atoms with Crippen LogP contribution in [-0.2, 0) is 16.2 Å². The van der Waals surface area contributed by atoms with Crippen LogP contribution in [0.1, 0.15) is 25.8 Å². The Balaban J connectivity index is 1.61. The van der Waals surface area contributed by atoms with Crippen molar-refractivity contribution in [2.75, 3.05) is 24.5 Å². The van der Waals surface area contributed by atoms with Crippen molar-refractivity contribution >= 4 is 17.5 Å². The van der Waals surface area contributed by atoms with E-state index in [9.17, 15) is 9.59 Å². The van der Waals surface area contributed by atoms with E-state index in [1.54, 1.807) is 9.80 Å². The molecule has 1 unspecified atom stereocenters. The third-order valence-electron chi connectivity index (χ3n) is 4.95. The molecule has 27 heavy (non-hydrogen) atoms. The lowest BCUT2D eigenvalue weighted by Crippen LogP contribution is -2.37. The first-order valence-corrected chi connectivity index (χ1v) is 9.48. The Morgan fingerprint density at radius 1 is 1.07 bits per heavy atom. The van der Waals surface area contributed by atoms with Crippen molar-refractivity contribution in [2.45, 2.75) is 26.9 Å². The Hall–Kier alpha value is -2.82. The maximum atomic E-state index is 12.5. The number of rotatable bonds is 7. The summed E-state index contributed by atoms with van der Waals surface area (Å²) in [5.74, 6) is 0.563. The van der Waals surface area contributed by atoms with Crippen LogP contribution in [0, 0.1) is 5.92 Å². The van der Waals surface area contributed by atoms with Gasteiger partial charge in [-0.25, -0.2) is 0 Å². The molecule has 5 heteroatoms. The van der Waals surface area contributed by atoms with Crippen LogP contribution in [0.4, 0.5) is 5.69 Å². The molecule has 1 atom stereocenters. The maximum Gasteiger partial charge on any atom is 0.227 e. The molecule has 142 valence electrons. The van der Waals surface area contributed by atoms with Gasteiger partial charge in [0.2, 0.25) is 11.8 Å². The summed E-state index contributed by atoms with van der Waals surface area (Å²) in [6, 6.07) is 17.5. The first-order valence-electron chi connectivity index (χ1n) is 9.48. The Labute approximate surface area is 160 Å². The van der Waals surface area contributed by atoms with Crippen LogP contribution < -0.4 is 9.64 Å². The second kappa shape index (κ2) is 8.71. The SMILES string of the molecule is CCN(CC)C(=O)C1CC(=O)N(c2ccc(OCc3ccccc3)cc2)C1. The highest BCUT2D eigenvalue weighted by Crippen LogP contribution is 2.28. The van der Waals surface area contributed by atoms with Crippen LogP contribution in [0.15, 0.2) is 54.6 Å². The first kappa shape index (κ1) is 19.0. The molecular formula is C22H26N2O3. The average molecular weight is 366 g/mol. The van der Waals surface area contributed by atoms with Crippen molar-refractivity contribution in [3.8, 4) is 5.75 Å². The van der Waals surface area contributed by atoms with Crippen molar-refractivity contribution in [1.29, 1.82) is 0 Å². The first-order chi connectivity index (χ1) is 13.1. The molecule has 0 spiro atoms. The normalized spacial score (nSPS) is 16.4. The molecule has 2 aromatic carbocycles. The molecule has 5 nitrogen and oxygen atoms in total. The predicted molar refractivity (Wildman–Crippen MR) is 106 cm³/mol. The Morgan fingerprint density at radius 3 is 2.37 bits per heavy atom. The molecular weight excluding hydrogens is 340 g/mol. The van der Waals surface area contributed by atoms with Crippen molar-refractivity contribution in [3.05, 3.63) is 60.2 Å². The van der Waals surface area contributed by atoms with Crippen molar-refractivity contribution in [1.82, 2.24) is 4.90 Å². The van der Waals surface area contributed by atoms with Crippen LogP contribution in [0.2, 0.25) is 0 Å². The van der Waals surface area contributed by atoms with Gasteiger partial charge in [0, 0.05) is 31.7 Å². The lowest BCUT2D eigenvalue weighted by atomic mass is 10.1. The Bertz CT molecular complexity index is 770. The predicted octanol–water partition coefficient (Wildman–Crippen LogP) is 3.49. The highest BCUT2D eigenvalue weighted by atomic mass is 16.5. The van der Waals surface area contributed by atoms with E-state index in [4.69, 9.17) is 4.74 Å². The van der Waals surface area contributed by atoms with E-state index in [1.165, 1.54) is 0 Å². The fourth-order valence-corrected chi connectivity index (χ4v) is 3.38. The summed E-state index contributed by atoms with van der Waals surface area (Å²) in [5.41, 5.74) is 1.91. The summed E-state index contributed by atoms with van der Waals surface area (Å²) < 4.78 is 5.79. The van der Waals surface area contributed by atoms with Gasteiger partial charge in [-0.3, -0.25) is 9.59 Å². The number of anilines is 1. The molecule has 1 aliphatic rings. The number of carbonyl (C=O) groups is 2. The third-order valence-corrected chi connectivity index (χ3v) is 4.95. The number of ether oxygens (including phenoxy) is 1. The van der Waals surface area contributed by atoms with Crippen LogP contribution in [0.25, 0.3) is 0 Å². The summed E-state index contributed by atoms with van der Waals surface area (Å²) >= 11 is 0. The fraction of sp³-hybridized carbons (Fsp3) is 0.364. The molecule has 1 heterocycles. The topological polar surface area (TPSA) is 49.9 Å². The minimum atomic E-state index is -0.258. The fourth-order valence-electron chi connectivity index (χ4n) is 3.38. The molecule has 0 N–H and O–H groups in total. The van der Waals surface area contributed by atoms with Crippen molar-refractivity contribution in [3.63, 3.8) is 0 Å². The zero-order valence-electron chi connectivity index (χ0n) is 15.9. The van der Waals surface area contributed by atoms with Gasteiger partial charge in [-0.1, -0.05) is 30.3 Å². The van der Waals surface area contributed by atoms with E-state index in [2.05, 4.69) is 0 Å². The van der Waals surface area contributed by atoms with Crippen molar-refractivity contribution < 1.29 is 14.3 Å². The number of benzene rings is 2. The number of carbonyl (C=O) groups excluding carboxylic acids is 2. The monoisotopic (exact) mass is 366 g/mol. The van der Waals surface area contributed by atoms with Crippen LogP contribution >= 0.6 is 0 Å². The number of amides is 2. The largest absolute Gasteiger partial charge is 0.489 e. The van der Waals surface area contributed by atoms with Gasteiger partial charge in [0.25, 0.3) is 0 Å². The molecule has 1 saturated heterocycles. The molecule has 0 radical (unpaired) electrons. The van der Waals surface area contributed by atoms with E-state index in [-0.39, 0.29) is 24.2 Å². The van der Waals surface area contributed by atoms with E-state index < -0.39 is 0 Å². The molecule has 0 aliphatic carbocycles. The van der Waals surface area contributed by atoms with Gasteiger partial charge in [-0.05, 0) is 43.7 Å². The van der Waals surface area contributed by atoms with Crippen LogP contribution in [-0.4, -0.2) is 36.3 Å². The lowest BCUT2D eigenvalue weighted by molar-refractivity contribution is -0.135. The van der Waals surface area contributed by atoms with Crippen LogP contribution in [0.3, 0.4) is 0 Å². The number of hydrogen-bond donors (Lipinski definition) is 0. The second-order valence-corrected chi connectivity index (χ2v) is 6.68. The van der Waals surface area contributed by atoms with Gasteiger partial charge in [0.1, 0.15) is 12.4 Å². The van der Waals surface area contributed by atoms with Gasteiger partial charge < -0.3 is 14.5 Å². The Kier molecular flexibility index (Phi) is 6.12. The van der Waals surface area contributed by atoms with E-state index in [0.29, 0.717) is 26.2 Å². The Morgan fingerprint density at radius 2 is 1.74 bits per heavy atom. The quantitative estimate of drug-likeness (QED) is 0.754. The molecule has 3 rings (SSSR count). The molecule has 1 fully saturated rings. The van der Waals surface area contributed by atoms with Gasteiger partial charge in [0.05, 0.1) is 5.92 Å². The molecule has 0 saturated carbocycles. The molecule has 0 aromatic heterocycles. The highest BCUT2D eigenvalue weighted by Gasteiger charge is 2.36. The summed E-state index contributed by atoms with van der Waals surface area (Å²) in [4.78, 5) is 28.4. The third kappa shape index (κ3) is 4.48. The van der Waals surface area contributed by atoms with Gasteiger partial charge in [-0.2, -0.15) is 0 Å². The van der Waals surface area contributed by atoms with Gasteiger partial charge >= 0.3 is 0 Å². The molecule has 2 aromatic rings. The minimum absolute atomic E-state index is 0.00143. The zero-order chi connectivity index (χ0) is 19.2. The number of hydrogen-bond acceptors (Lipinski definition) is 3. The smallest absolute Gasteiger partial charge is 0.227 e. The minimum Gasteiger partial charge on any atom is -0.489 e. The zero-order valence-corrected chi connectivity index (χ0v) is 15.9. The highest BCUT2D eigenvalue weighted by molar-refractivity contribution is 6.00. The summed E-state index contributed by atoms with van der Waals surface area (Å²) in [7, 11) is 0. The second-order valence-electron chi connectivity index (χ2n) is 6.68. The number of nitrogens with zero attached hydrogens (tertiary/aromatic N) is 2. The molecule has 1 aliphatic heterocycles.